The molecule has 12 nitrogen and oxygen atoms in total. The lowest BCUT2D eigenvalue weighted by molar-refractivity contribution is -0.122. The average molecular weight is 510 g/mol. The number of rotatable bonds is 9. The topological polar surface area (TPSA) is 132 Å². The minimum absolute atomic E-state index is 0.0290. The van der Waals surface area contributed by atoms with E-state index in [4.69, 9.17) is 18.9 Å². The van der Waals surface area contributed by atoms with Crippen LogP contribution in [0.2, 0.25) is 25.7 Å². The van der Waals surface area contributed by atoms with Gasteiger partial charge in [-0.1, -0.05) is 19.6 Å². The van der Waals surface area contributed by atoms with Gasteiger partial charge in [0.1, 0.15) is 18.4 Å². The number of carbonyl (C=O) groups excluding carboxylic acids is 3. The summed E-state index contributed by atoms with van der Waals surface area (Å²) >= 11 is 0. The third-order valence-electron chi connectivity index (χ3n) is 5.10. The highest BCUT2D eigenvalue weighted by Crippen LogP contribution is 2.31. The van der Waals surface area contributed by atoms with Gasteiger partial charge in [-0.3, -0.25) is 14.6 Å². The summed E-state index contributed by atoms with van der Waals surface area (Å²) in [7, 11) is -1.27. The Balaban J connectivity index is 1.60. The van der Waals surface area contributed by atoms with Gasteiger partial charge in [0.15, 0.2) is 12.4 Å². The molecule has 1 aromatic rings. The lowest BCUT2D eigenvalue weighted by atomic mass is 10.2. The van der Waals surface area contributed by atoms with Gasteiger partial charge in [-0.05, 0) is 26.8 Å². The van der Waals surface area contributed by atoms with Gasteiger partial charge in [0.2, 0.25) is 5.82 Å². The van der Waals surface area contributed by atoms with Crippen molar-refractivity contribution in [1.29, 1.82) is 0 Å². The van der Waals surface area contributed by atoms with Crippen LogP contribution in [0.3, 0.4) is 0 Å². The van der Waals surface area contributed by atoms with Crippen LogP contribution < -0.4 is 19.9 Å². The molecule has 3 rings (SSSR count). The summed E-state index contributed by atoms with van der Waals surface area (Å²) in [4.78, 5) is 48.2. The van der Waals surface area contributed by atoms with Crippen molar-refractivity contribution in [2.45, 2.75) is 64.6 Å². The number of anilines is 2. The molecule has 3 heterocycles. The Morgan fingerprint density at radius 3 is 2.71 bits per heavy atom. The Morgan fingerprint density at radius 1 is 1.29 bits per heavy atom. The normalized spacial score (nSPS) is 18.2. The minimum Gasteiger partial charge on any atom is -0.465 e. The molecule has 3 amide bonds. The highest BCUT2D eigenvalue weighted by atomic mass is 28.3. The smallest absolute Gasteiger partial charge is 0.415 e. The second-order valence-corrected chi connectivity index (χ2v) is 16.3. The van der Waals surface area contributed by atoms with Gasteiger partial charge in [0.25, 0.3) is 11.8 Å². The van der Waals surface area contributed by atoms with E-state index in [-0.39, 0.29) is 49.9 Å². The molecule has 35 heavy (non-hydrogen) atoms. The van der Waals surface area contributed by atoms with Crippen LogP contribution in [-0.2, 0) is 19.0 Å². The quantitative estimate of drug-likeness (QED) is 0.394. The predicted octanol–water partition coefficient (Wildman–Crippen LogP) is 2.75. The molecule has 2 aliphatic heterocycles. The fourth-order valence-electron chi connectivity index (χ4n) is 3.27. The van der Waals surface area contributed by atoms with E-state index >= 15 is 0 Å². The van der Waals surface area contributed by atoms with Crippen LogP contribution in [0, 0.1) is 0 Å². The number of amides is 3. The van der Waals surface area contributed by atoms with Crippen LogP contribution in [0.4, 0.5) is 21.2 Å². The molecule has 13 heteroatoms. The highest BCUT2D eigenvalue weighted by molar-refractivity contribution is 6.76. The molecule has 1 fully saturated rings. The first-order valence-corrected chi connectivity index (χ1v) is 15.4. The van der Waals surface area contributed by atoms with Crippen LogP contribution in [-0.4, -0.2) is 80.9 Å². The van der Waals surface area contributed by atoms with E-state index in [1.165, 1.54) is 16.0 Å². The zero-order chi connectivity index (χ0) is 25.8. The van der Waals surface area contributed by atoms with Crippen LogP contribution >= 0.6 is 0 Å². The number of aromatic nitrogens is 2. The number of nitrogens with one attached hydrogen (secondary N) is 1. The molecule has 1 aromatic heterocycles. The molecule has 0 aliphatic carbocycles. The van der Waals surface area contributed by atoms with Crippen molar-refractivity contribution in [1.82, 2.24) is 15.3 Å². The maximum absolute atomic E-state index is 12.5. The molecule has 2 aliphatic rings. The molecule has 194 valence electrons. The molecule has 0 spiro atoms. The number of hydrogen-bond acceptors (Lipinski definition) is 9. The van der Waals surface area contributed by atoms with Gasteiger partial charge >= 0.3 is 12.2 Å². The number of alkyl carbamates (subject to hydrolysis) is 1. The molecular weight excluding hydrogens is 474 g/mol. The van der Waals surface area contributed by atoms with E-state index < -0.39 is 32.0 Å². The Kier molecular flexibility index (Phi) is 8.21. The SMILES string of the molecule is CC(C)(C)OC(=O)NCC[C@@H]1CN(c2cnc3c(n2)N(COCC[Si](C)(C)C)C(=O)CO3)C(=O)O1. The van der Waals surface area contributed by atoms with Gasteiger partial charge < -0.3 is 24.3 Å². The van der Waals surface area contributed by atoms with Gasteiger partial charge in [-0.2, -0.15) is 0 Å². The first kappa shape index (κ1) is 26.7. The second-order valence-electron chi connectivity index (χ2n) is 10.6. The fraction of sp³-hybridized carbons (Fsp3) is 0.682. The lowest BCUT2D eigenvalue weighted by Gasteiger charge is -2.28. The third-order valence-corrected chi connectivity index (χ3v) is 6.80. The van der Waals surface area contributed by atoms with Gasteiger partial charge in [-0.25, -0.2) is 19.6 Å². The zero-order valence-electron chi connectivity index (χ0n) is 21.3. The number of hydrogen-bond donors (Lipinski definition) is 1. The number of fused-ring (bicyclic) bond motifs is 1. The Bertz CT molecular complexity index is 947. The predicted molar refractivity (Wildman–Crippen MR) is 130 cm³/mol. The van der Waals surface area contributed by atoms with E-state index in [0.717, 1.165) is 6.04 Å². The Morgan fingerprint density at radius 2 is 2.03 bits per heavy atom. The van der Waals surface area contributed by atoms with Crippen molar-refractivity contribution in [2.24, 2.45) is 0 Å². The van der Waals surface area contributed by atoms with Crippen molar-refractivity contribution in [3.8, 4) is 5.88 Å². The molecule has 0 unspecified atom stereocenters. The van der Waals surface area contributed by atoms with Crippen LogP contribution in [0.5, 0.6) is 5.88 Å². The average Bonchev–Trinajstić information content (AvgIpc) is 3.10. The van der Waals surface area contributed by atoms with Crippen LogP contribution in [0.25, 0.3) is 0 Å². The zero-order valence-corrected chi connectivity index (χ0v) is 22.3. The van der Waals surface area contributed by atoms with E-state index in [0.29, 0.717) is 13.0 Å². The largest absolute Gasteiger partial charge is 0.465 e. The first-order chi connectivity index (χ1) is 16.3. The summed E-state index contributed by atoms with van der Waals surface area (Å²) in [6.45, 7) is 13.0. The third kappa shape index (κ3) is 7.78. The van der Waals surface area contributed by atoms with Gasteiger partial charge in [-0.15, -0.1) is 0 Å². The molecule has 0 saturated carbocycles. The van der Waals surface area contributed by atoms with Crippen molar-refractivity contribution >= 4 is 37.8 Å². The maximum atomic E-state index is 12.5. The fourth-order valence-corrected chi connectivity index (χ4v) is 4.03. The van der Waals surface area contributed by atoms with Crippen molar-refractivity contribution in [3.05, 3.63) is 6.20 Å². The number of cyclic esters (lactones) is 1. The molecule has 0 aromatic carbocycles. The molecule has 0 bridgehead atoms. The number of ether oxygens (including phenoxy) is 4. The van der Waals surface area contributed by atoms with Crippen LogP contribution in [0.15, 0.2) is 6.20 Å². The molecular formula is C22H35N5O7Si. The van der Waals surface area contributed by atoms with E-state index in [1.54, 1.807) is 20.8 Å². The van der Waals surface area contributed by atoms with Gasteiger partial charge in [0.05, 0.1) is 12.7 Å². The van der Waals surface area contributed by atoms with Crippen molar-refractivity contribution in [2.75, 3.05) is 42.8 Å². The lowest BCUT2D eigenvalue weighted by Crippen LogP contribution is -2.42. The number of carbonyl (C=O) groups is 3. The number of nitrogens with zero attached hydrogens (tertiary/aromatic N) is 4. The second kappa shape index (κ2) is 10.8. The van der Waals surface area contributed by atoms with E-state index in [1.807, 2.05) is 0 Å². The molecule has 1 saturated heterocycles. The molecule has 1 atom stereocenters. The maximum Gasteiger partial charge on any atom is 0.415 e. The van der Waals surface area contributed by atoms with Gasteiger partial charge in [0, 0.05) is 27.6 Å². The van der Waals surface area contributed by atoms with Crippen LogP contribution in [0.1, 0.15) is 27.2 Å². The summed E-state index contributed by atoms with van der Waals surface area (Å²) in [5, 5.41) is 2.65. The van der Waals surface area contributed by atoms with E-state index in [9.17, 15) is 14.4 Å². The van der Waals surface area contributed by atoms with Crippen molar-refractivity contribution in [3.63, 3.8) is 0 Å². The standard InChI is InChI=1S/C22H35N5O7Si/c1-22(2,3)34-20(29)23-8-7-15-12-26(21(30)33-15)16-11-24-19-18(25-16)27(17(28)13-32-19)14-31-9-10-35(4,5)6/h11,15H,7-10,12-14H2,1-6H3,(H,23,29)/t15-/m1/s1. The summed E-state index contributed by atoms with van der Waals surface area (Å²) < 4.78 is 21.7. The summed E-state index contributed by atoms with van der Waals surface area (Å²) in [6, 6.07) is 0.966. The first-order valence-electron chi connectivity index (χ1n) is 11.7. The summed E-state index contributed by atoms with van der Waals surface area (Å²) in [5.41, 5.74) is -0.593. The minimum atomic E-state index is -1.27. The highest BCUT2D eigenvalue weighted by Gasteiger charge is 2.36. The summed E-state index contributed by atoms with van der Waals surface area (Å²) in [5.74, 6) is 0.344. The molecule has 0 radical (unpaired) electrons. The Labute approximate surface area is 206 Å². The van der Waals surface area contributed by atoms with E-state index in [2.05, 4.69) is 34.9 Å². The monoisotopic (exact) mass is 509 g/mol. The Hall–Kier alpha value is -2.93. The van der Waals surface area contributed by atoms with Crippen molar-refractivity contribution < 1.29 is 33.3 Å². The molecule has 1 N–H and O–H groups in total. The summed E-state index contributed by atoms with van der Waals surface area (Å²) in [6.07, 6.45) is 0.243.